The summed E-state index contributed by atoms with van der Waals surface area (Å²) in [5.74, 6) is 2.18. The van der Waals surface area contributed by atoms with Gasteiger partial charge in [0.2, 0.25) is 5.88 Å². The van der Waals surface area contributed by atoms with E-state index in [4.69, 9.17) is 9.47 Å². The van der Waals surface area contributed by atoms with E-state index in [1.165, 1.54) is 6.42 Å². The van der Waals surface area contributed by atoms with E-state index in [-0.39, 0.29) is 0 Å². The van der Waals surface area contributed by atoms with Crippen LogP contribution in [0, 0.1) is 5.92 Å². The van der Waals surface area contributed by atoms with Crippen LogP contribution in [0.15, 0.2) is 23.3 Å². The molecule has 6 nitrogen and oxygen atoms in total. The molecule has 0 aromatic carbocycles. The van der Waals surface area contributed by atoms with Gasteiger partial charge in [-0.25, -0.2) is 9.98 Å². The molecule has 0 aliphatic heterocycles. The van der Waals surface area contributed by atoms with Gasteiger partial charge < -0.3 is 20.1 Å². The summed E-state index contributed by atoms with van der Waals surface area (Å²) < 4.78 is 10.7. The molecule has 0 saturated heterocycles. The highest BCUT2D eigenvalue weighted by Gasteiger charge is 2.05. The van der Waals surface area contributed by atoms with Gasteiger partial charge in [-0.1, -0.05) is 19.9 Å². The van der Waals surface area contributed by atoms with Crippen LogP contribution in [0.5, 0.6) is 5.88 Å². The third kappa shape index (κ3) is 8.72. The molecule has 136 valence electrons. The zero-order chi connectivity index (χ0) is 17.6. The Balaban J connectivity index is 2.58. The first-order valence-corrected chi connectivity index (χ1v) is 8.75. The molecule has 0 spiro atoms. The molecule has 6 heteroatoms. The van der Waals surface area contributed by atoms with Crippen molar-refractivity contribution in [1.82, 2.24) is 15.6 Å². The lowest BCUT2D eigenvalue weighted by atomic mass is 10.1. The van der Waals surface area contributed by atoms with E-state index < -0.39 is 0 Å². The van der Waals surface area contributed by atoms with Crippen molar-refractivity contribution >= 4 is 5.96 Å². The molecule has 0 bridgehead atoms. The quantitative estimate of drug-likeness (QED) is 0.369. The molecule has 0 fully saturated rings. The van der Waals surface area contributed by atoms with Crippen LogP contribution in [0.3, 0.4) is 0 Å². The summed E-state index contributed by atoms with van der Waals surface area (Å²) in [5.41, 5.74) is 0.966. The molecule has 1 aromatic heterocycles. The van der Waals surface area contributed by atoms with E-state index in [0.29, 0.717) is 25.6 Å². The maximum Gasteiger partial charge on any atom is 0.218 e. The number of pyridine rings is 1. The summed E-state index contributed by atoms with van der Waals surface area (Å²) >= 11 is 0. The van der Waals surface area contributed by atoms with Crippen molar-refractivity contribution in [2.24, 2.45) is 10.9 Å². The highest BCUT2D eigenvalue weighted by atomic mass is 16.5. The Morgan fingerprint density at radius 3 is 2.83 bits per heavy atom. The number of hydrogen-bond acceptors (Lipinski definition) is 4. The SMILES string of the molecule is CCNC(=NCc1cccnc1OCCOC)NCCCC(C)C. The average molecular weight is 336 g/mol. The molecule has 1 aromatic rings. The molecule has 0 atom stereocenters. The predicted molar refractivity (Wildman–Crippen MR) is 98.5 cm³/mol. The zero-order valence-electron chi connectivity index (χ0n) is 15.5. The van der Waals surface area contributed by atoms with Gasteiger partial charge in [0.25, 0.3) is 0 Å². The molecular weight excluding hydrogens is 304 g/mol. The summed E-state index contributed by atoms with van der Waals surface area (Å²) in [4.78, 5) is 8.91. The number of ether oxygens (including phenoxy) is 2. The molecule has 0 unspecified atom stereocenters. The highest BCUT2D eigenvalue weighted by molar-refractivity contribution is 5.79. The second kappa shape index (κ2) is 12.6. The predicted octanol–water partition coefficient (Wildman–Crippen LogP) is 2.60. The summed E-state index contributed by atoms with van der Waals surface area (Å²) in [6.07, 6.45) is 4.08. The molecular formula is C18H32N4O2. The molecule has 0 aliphatic carbocycles. The summed E-state index contributed by atoms with van der Waals surface area (Å²) in [7, 11) is 1.65. The van der Waals surface area contributed by atoms with Gasteiger partial charge in [-0.2, -0.15) is 0 Å². The van der Waals surface area contributed by atoms with Gasteiger partial charge in [0.15, 0.2) is 5.96 Å². The second-order valence-electron chi connectivity index (χ2n) is 5.97. The zero-order valence-corrected chi connectivity index (χ0v) is 15.5. The van der Waals surface area contributed by atoms with E-state index in [1.54, 1.807) is 13.3 Å². The van der Waals surface area contributed by atoms with Crippen molar-refractivity contribution in [1.29, 1.82) is 0 Å². The Labute approximate surface area is 146 Å². The van der Waals surface area contributed by atoms with E-state index >= 15 is 0 Å². The first-order chi connectivity index (χ1) is 11.7. The lowest BCUT2D eigenvalue weighted by Crippen LogP contribution is -2.37. The monoisotopic (exact) mass is 336 g/mol. The topological polar surface area (TPSA) is 67.8 Å². The number of nitrogens with zero attached hydrogens (tertiary/aromatic N) is 2. The van der Waals surface area contributed by atoms with Crippen molar-refractivity contribution in [3.05, 3.63) is 23.9 Å². The number of aromatic nitrogens is 1. The van der Waals surface area contributed by atoms with Crippen LogP contribution < -0.4 is 15.4 Å². The second-order valence-corrected chi connectivity index (χ2v) is 5.97. The number of aliphatic imine (C=N–C) groups is 1. The smallest absolute Gasteiger partial charge is 0.218 e. The minimum absolute atomic E-state index is 0.484. The maximum atomic E-state index is 5.65. The van der Waals surface area contributed by atoms with Gasteiger partial charge in [-0.05, 0) is 31.7 Å². The van der Waals surface area contributed by atoms with E-state index in [9.17, 15) is 0 Å². The first-order valence-electron chi connectivity index (χ1n) is 8.75. The summed E-state index contributed by atoms with van der Waals surface area (Å²) in [6, 6.07) is 3.89. The van der Waals surface area contributed by atoms with E-state index in [2.05, 4.69) is 41.4 Å². The molecule has 1 heterocycles. The molecule has 0 saturated carbocycles. The Kier molecular flexibility index (Phi) is 10.6. The fourth-order valence-electron chi connectivity index (χ4n) is 2.12. The van der Waals surface area contributed by atoms with Crippen molar-refractivity contribution in [3.8, 4) is 5.88 Å². The van der Waals surface area contributed by atoms with Crippen LogP contribution >= 0.6 is 0 Å². The van der Waals surface area contributed by atoms with Crippen LogP contribution in [0.25, 0.3) is 0 Å². The van der Waals surface area contributed by atoms with E-state index in [0.717, 1.165) is 37.0 Å². The van der Waals surface area contributed by atoms with Gasteiger partial charge in [0.05, 0.1) is 13.2 Å². The molecule has 24 heavy (non-hydrogen) atoms. The van der Waals surface area contributed by atoms with Crippen molar-refractivity contribution in [2.45, 2.75) is 40.2 Å². The summed E-state index contributed by atoms with van der Waals surface area (Å²) in [5, 5.41) is 6.65. The molecule has 2 N–H and O–H groups in total. The average Bonchev–Trinajstić information content (AvgIpc) is 2.57. The molecule has 0 amide bonds. The molecule has 0 radical (unpaired) electrons. The van der Waals surface area contributed by atoms with Crippen LogP contribution in [-0.4, -0.2) is 44.4 Å². The Hall–Kier alpha value is -1.82. The van der Waals surface area contributed by atoms with Gasteiger partial charge >= 0.3 is 0 Å². The Bertz CT molecular complexity index is 478. The fraction of sp³-hybridized carbons (Fsp3) is 0.667. The molecule has 1 rings (SSSR count). The van der Waals surface area contributed by atoms with Crippen molar-refractivity contribution in [2.75, 3.05) is 33.4 Å². The van der Waals surface area contributed by atoms with Gasteiger partial charge in [0, 0.05) is 32.0 Å². The Morgan fingerprint density at radius 2 is 2.12 bits per heavy atom. The Morgan fingerprint density at radius 1 is 1.29 bits per heavy atom. The van der Waals surface area contributed by atoms with Crippen LogP contribution in [-0.2, 0) is 11.3 Å². The van der Waals surface area contributed by atoms with Crippen LogP contribution in [0.4, 0.5) is 0 Å². The van der Waals surface area contributed by atoms with Gasteiger partial charge in [-0.15, -0.1) is 0 Å². The lowest BCUT2D eigenvalue weighted by molar-refractivity contribution is 0.143. The standard InChI is InChI=1S/C18H32N4O2/c1-5-19-18(21-11-6-8-15(2)3)22-14-16-9-7-10-20-17(16)24-13-12-23-4/h7,9-10,15H,5-6,8,11-14H2,1-4H3,(H2,19,21,22). The lowest BCUT2D eigenvalue weighted by Gasteiger charge is -2.13. The van der Waals surface area contributed by atoms with Gasteiger partial charge in [-0.3, -0.25) is 0 Å². The van der Waals surface area contributed by atoms with Crippen LogP contribution in [0.1, 0.15) is 39.2 Å². The first kappa shape index (κ1) is 20.2. The number of hydrogen-bond donors (Lipinski definition) is 2. The maximum absolute atomic E-state index is 5.65. The molecule has 0 aliphatic rings. The van der Waals surface area contributed by atoms with E-state index in [1.807, 2.05) is 12.1 Å². The highest BCUT2D eigenvalue weighted by Crippen LogP contribution is 2.15. The van der Waals surface area contributed by atoms with Crippen molar-refractivity contribution < 1.29 is 9.47 Å². The largest absolute Gasteiger partial charge is 0.475 e. The normalized spacial score (nSPS) is 11.6. The number of methoxy groups -OCH3 is 1. The number of nitrogens with one attached hydrogen (secondary N) is 2. The fourth-order valence-corrected chi connectivity index (χ4v) is 2.12. The van der Waals surface area contributed by atoms with Gasteiger partial charge in [0.1, 0.15) is 6.61 Å². The number of rotatable bonds is 11. The minimum atomic E-state index is 0.484. The summed E-state index contributed by atoms with van der Waals surface area (Å²) in [6.45, 7) is 9.86. The van der Waals surface area contributed by atoms with Crippen LogP contribution in [0.2, 0.25) is 0 Å². The van der Waals surface area contributed by atoms with Crippen molar-refractivity contribution in [3.63, 3.8) is 0 Å². The minimum Gasteiger partial charge on any atom is -0.475 e. The number of guanidine groups is 1. The third-order valence-corrected chi connectivity index (χ3v) is 3.38. The third-order valence-electron chi connectivity index (χ3n) is 3.38.